The lowest BCUT2D eigenvalue weighted by Crippen LogP contribution is -2.50. The molecule has 1 aliphatic rings. The van der Waals surface area contributed by atoms with Gasteiger partial charge in [-0.2, -0.15) is 0 Å². The molecular weight excluding hydrogens is 260 g/mol. The summed E-state index contributed by atoms with van der Waals surface area (Å²) in [7, 11) is 1.72. The predicted octanol–water partition coefficient (Wildman–Crippen LogP) is 3.09. The second kappa shape index (κ2) is 8.40. The summed E-state index contributed by atoms with van der Waals surface area (Å²) in [6, 6.07) is 9.80. The molecule has 1 fully saturated rings. The highest BCUT2D eigenvalue weighted by atomic mass is 16.5. The first kappa shape index (κ1) is 16.3. The lowest BCUT2D eigenvalue weighted by molar-refractivity contribution is 0.120. The van der Waals surface area contributed by atoms with Crippen molar-refractivity contribution in [2.45, 2.75) is 51.6 Å². The van der Waals surface area contributed by atoms with Gasteiger partial charge >= 0.3 is 0 Å². The molecule has 2 unspecified atom stereocenters. The van der Waals surface area contributed by atoms with E-state index in [0.717, 1.165) is 18.7 Å². The van der Waals surface area contributed by atoms with E-state index in [9.17, 15) is 0 Å². The Kier molecular flexibility index (Phi) is 6.52. The molecule has 0 saturated carbocycles. The van der Waals surface area contributed by atoms with Crippen molar-refractivity contribution in [1.29, 1.82) is 0 Å². The first-order valence-corrected chi connectivity index (χ1v) is 8.34. The summed E-state index contributed by atoms with van der Waals surface area (Å²) in [6.45, 7) is 8.18. The third-order valence-corrected chi connectivity index (χ3v) is 4.48. The van der Waals surface area contributed by atoms with Gasteiger partial charge in [-0.1, -0.05) is 19.1 Å². The summed E-state index contributed by atoms with van der Waals surface area (Å²) in [5.41, 5.74) is 1.40. The molecule has 21 heavy (non-hydrogen) atoms. The summed E-state index contributed by atoms with van der Waals surface area (Å²) in [4.78, 5) is 2.70. The van der Waals surface area contributed by atoms with Crippen LogP contribution in [0.15, 0.2) is 24.3 Å². The Morgan fingerprint density at radius 1 is 1.33 bits per heavy atom. The molecule has 1 saturated heterocycles. The molecule has 1 aromatic rings. The van der Waals surface area contributed by atoms with E-state index in [0.29, 0.717) is 12.1 Å². The number of piperidine rings is 1. The summed E-state index contributed by atoms with van der Waals surface area (Å²) in [6.07, 6.45) is 4.98. The van der Waals surface area contributed by atoms with E-state index < -0.39 is 0 Å². The van der Waals surface area contributed by atoms with Crippen LogP contribution in [0.4, 0.5) is 0 Å². The van der Waals surface area contributed by atoms with Crippen molar-refractivity contribution in [2.24, 2.45) is 0 Å². The molecule has 0 aliphatic carbocycles. The molecule has 3 heteroatoms. The third kappa shape index (κ3) is 4.72. The van der Waals surface area contributed by atoms with Gasteiger partial charge in [0, 0.05) is 18.6 Å². The van der Waals surface area contributed by atoms with Crippen LogP contribution in [0.3, 0.4) is 0 Å². The number of hydrogen-bond donors (Lipinski definition) is 1. The van der Waals surface area contributed by atoms with Gasteiger partial charge in [0.05, 0.1) is 7.11 Å². The molecule has 1 aliphatic heterocycles. The molecule has 1 heterocycles. The highest BCUT2D eigenvalue weighted by Gasteiger charge is 2.24. The van der Waals surface area contributed by atoms with Gasteiger partial charge in [0.25, 0.3) is 0 Å². The smallest absolute Gasteiger partial charge is 0.118 e. The van der Waals surface area contributed by atoms with Crippen molar-refractivity contribution < 1.29 is 4.74 Å². The maximum absolute atomic E-state index is 5.24. The van der Waals surface area contributed by atoms with Crippen LogP contribution in [0.5, 0.6) is 5.75 Å². The fraction of sp³-hybridized carbons (Fsp3) is 0.667. The van der Waals surface area contributed by atoms with Gasteiger partial charge in [0.2, 0.25) is 0 Å². The third-order valence-electron chi connectivity index (χ3n) is 4.48. The first-order valence-electron chi connectivity index (χ1n) is 8.34. The number of nitrogens with one attached hydrogen (secondary N) is 1. The number of ether oxygens (including phenoxy) is 1. The lowest BCUT2D eigenvalue weighted by atomic mass is 10.00. The van der Waals surface area contributed by atoms with Crippen LogP contribution in [-0.2, 0) is 6.42 Å². The average Bonchev–Trinajstić information content (AvgIpc) is 2.54. The molecule has 0 aromatic heterocycles. The van der Waals surface area contributed by atoms with Crippen molar-refractivity contribution in [2.75, 3.05) is 26.7 Å². The molecular formula is C18H30N2O. The van der Waals surface area contributed by atoms with Gasteiger partial charge in [-0.15, -0.1) is 0 Å². The van der Waals surface area contributed by atoms with Gasteiger partial charge in [0.15, 0.2) is 0 Å². The zero-order valence-corrected chi connectivity index (χ0v) is 13.8. The second-order valence-electron chi connectivity index (χ2n) is 6.14. The molecule has 0 bridgehead atoms. The van der Waals surface area contributed by atoms with E-state index in [1.54, 1.807) is 7.11 Å². The van der Waals surface area contributed by atoms with Crippen molar-refractivity contribution in [3.8, 4) is 5.75 Å². The topological polar surface area (TPSA) is 24.5 Å². The number of benzene rings is 1. The fourth-order valence-corrected chi connectivity index (χ4v) is 3.36. The van der Waals surface area contributed by atoms with E-state index in [2.05, 4.69) is 48.3 Å². The van der Waals surface area contributed by atoms with Crippen LogP contribution in [0.1, 0.15) is 38.7 Å². The van der Waals surface area contributed by atoms with Gasteiger partial charge in [0.1, 0.15) is 5.75 Å². The molecule has 118 valence electrons. The number of hydrogen-bond acceptors (Lipinski definition) is 3. The Bertz CT molecular complexity index is 398. The largest absolute Gasteiger partial charge is 0.497 e. The SMILES string of the molecule is CCCN(C(C)Cc1ccc(OC)cc1)C1CCCNC1. The monoisotopic (exact) mass is 290 g/mol. The Morgan fingerprint density at radius 2 is 2.10 bits per heavy atom. The Morgan fingerprint density at radius 3 is 2.67 bits per heavy atom. The van der Waals surface area contributed by atoms with Gasteiger partial charge in [-0.25, -0.2) is 0 Å². The van der Waals surface area contributed by atoms with Gasteiger partial charge < -0.3 is 10.1 Å². The summed E-state index contributed by atoms with van der Waals surface area (Å²) in [5.74, 6) is 0.938. The van der Waals surface area contributed by atoms with Crippen LogP contribution in [-0.4, -0.2) is 43.7 Å². The zero-order chi connectivity index (χ0) is 15.1. The van der Waals surface area contributed by atoms with Crippen LogP contribution in [0.2, 0.25) is 0 Å². The van der Waals surface area contributed by atoms with E-state index in [1.807, 2.05) is 0 Å². The van der Waals surface area contributed by atoms with Crippen molar-refractivity contribution in [3.63, 3.8) is 0 Å². The lowest BCUT2D eigenvalue weighted by Gasteiger charge is -2.39. The summed E-state index contributed by atoms with van der Waals surface area (Å²) < 4.78 is 5.24. The number of rotatable bonds is 7. The zero-order valence-electron chi connectivity index (χ0n) is 13.8. The minimum atomic E-state index is 0.586. The standard InChI is InChI=1S/C18H30N2O/c1-4-12-20(17-6-5-11-19-14-17)15(2)13-16-7-9-18(21-3)10-8-16/h7-10,15,17,19H,4-6,11-14H2,1-3H3. The minimum Gasteiger partial charge on any atom is -0.497 e. The predicted molar refractivity (Wildman–Crippen MR) is 89.0 cm³/mol. The molecule has 2 atom stereocenters. The van der Waals surface area contributed by atoms with Crippen LogP contribution >= 0.6 is 0 Å². The molecule has 3 nitrogen and oxygen atoms in total. The van der Waals surface area contributed by atoms with Crippen molar-refractivity contribution in [3.05, 3.63) is 29.8 Å². The van der Waals surface area contributed by atoms with Crippen molar-refractivity contribution in [1.82, 2.24) is 10.2 Å². The molecule has 0 amide bonds. The number of nitrogens with zero attached hydrogens (tertiary/aromatic N) is 1. The molecule has 1 N–H and O–H groups in total. The minimum absolute atomic E-state index is 0.586. The highest BCUT2D eigenvalue weighted by Crippen LogP contribution is 2.19. The molecule has 1 aromatic carbocycles. The van der Waals surface area contributed by atoms with E-state index in [-0.39, 0.29) is 0 Å². The molecule has 0 spiro atoms. The quantitative estimate of drug-likeness (QED) is 0.835. The summed E-state index contributed by atoms with van der Waals surface area (Å²) in [5, 5.41) is 3.55. The van der Waals surface area contributed by atoms with Gasteiger partial charge in [-0.05, 0) is 63.4 Å². The maximum Gasteiger partial charge on any atom is 0.118 e. The van der Waals surface area contributed by atoms with Crippen molar-refractivity contribution >= 4 is 0 Å². The fourth-order valence-electron chi connectivity index (χ4n) is 3.36. The Hall–Kier alpha value is -1.06. The Labute approximate surface area is 129 Å². The first-order chi connectivity index (χ1) is 10.2. The van der Waals surface area contributed by atoms with Crippen LogP contribution in [0.25, 0.3) is 0 Å². The van der Waals surface area contributed by atoms with Crippen LogP contribution < -0.4 is 10.1 Å². The van der Waals surface area contributed by atoms with E-state index >= 15 is 0 Å². The highest BCUT2D eigenvalue weighted by molar-refractivity contribution is 5.27. The van der Waals surface area contributed by atoms with Gasteiger partial charge in [-0.3, -0.25) is 4.90 Å². The average molecular weight is 290 g/mol. The maximum atomic E-state index is 5.24. The molecule has 0 radical (unpaired) electrons. The van der Waals surface area contributed by atoms with E-state index in [4.69, 9.17) is 4.74 Å². The molecule has 2 rings (SSSR count). The van der Waals surface area contributed by atoms with Crippen LogP contribution in [0, 0.1) is 0 Å². The van der Waals surface area contributed by atoms with E-state index in [1.165, 1.54) is 37.9 Å². The summed E-state index contributed by atoms with van der Waals surface area (Å²) >= 11 is 0. The Balaban J connectivity index is 1.97. The normalized spacial score (nSPS) is 20.5. The second-order valence-corrected chi connectivity index (χ2v) is 6.14. The number of methoxy groups -OCH3 is 1.